The van der Waals surface area contributed by atoms with E-state index in [4.69, 9.17) is 5.21 Å². The van der Waals surface area contributed by atoms with E-state index in [1.807, 2.05) is 30.3 Å². The highest BCUT2D eigenvalue weighted by atomic mass is 16.5. The highest BCUT2D eigenvalue weighted by molar-refractivity contribution is 5.89. The maximum absolute atomic E-state index is 12.0. The van der Waals surface area contributed by atoms with E-state index < -0.39 is 0 Å². The Balaban J connectivity index is 2.18. The van der Waals surface area contributed by atoms with Crippen molar-refractivity contribution in [2.24, 2.45) is 5.16 Å². The predicted molar refractivity (Wildman–Crippen MR) is 66.7 cm³/mol. The van der Waals surface area contributed by atoms with Crippen molar-refractivity contribution >= 4 is 11.9 Å². The average molecular weight is 232 g/mol. The molecule has 1 aliphatic carbocycles. The molecule has 1 fully saturated rings. The molecule has 0 aromatic heterocycles. The van der Waals surface area contributed by atoms with Gasteiger partial charge in [-0.05, 0) is 31.4 Å². The van der Waals surface area contributed by atoms with E-state index in [1.54, 1.807) is 6.21 Å². The lowest BCUT2D eigenvalue weighted by Gasteiger charge is -2.21. The van der Waals surface area contributed by atoms with Crippen LogP contribution in [0.5, 0.6) is 0 Å². The molecule has 1 aromatic carbocycles. The molecule has 2 rings (SSSR count). The van der Waals surface area contributed by atoms with Crippen LogP contribution in [-0.2, 0) is 0 Å². The Morgan fingerprint density at radius 1 is 1.29 bits per heavy atom. The normalized spacial score (nSPS) is 23.9. The van der Waals surface area contributed by atoms with Gasteiger partial charge in [0.2, 0.25) is 6.04 Å². The van der Waals surface area contributed by atoms with E-state index in [0.29, 0.717) is 12.1 Å². The zero-order valence-corrected chi connectivity index (χ0v) is 9.62. The van der Waals surface area contributed by atoms with Crippen LogP contribution in [0.15, 0.2) is 35.5 Å². The molecule has 1 saturated carbocycles. The van der Waals surface area contributed by atoms with E-state index in [-0.39, 0.29) is 6.04 Å². The van der Waals surface area contributed by atoms with Gasteiger partial charge in [-0.3, -0.25) is 0 Å². The number of hydroxylamine groups is 1. The van der Waals surface area contributed by atoms with Crippen molar-refractivity contribution in [3.05, 3.63) is 41.1 Å². The fourth-order valence-electron chi connectivity index (χ4n) is 2.14. The molecular weight excluding hydrogens is 216 g/mol. The number of nitrogens with zero attached hydrogens (tertiary/aromatic N) is 2. The molecule has 17 heavy (non-hydrogen) atoms. The molecule has 0 bridgehead atoms. The van der Waals surface area contributed by atoms with Crippen LogP contribution < -0.4 is 0 Å². The third-order valence-corrected chi connectivity index (χ3v) is 3.06. The van der Waals surface area contributed by atoms with Gasteiger partial charge < -0.3 is 10.4 Å². The summed E-state index contributed by atoms with van der Waals surface area (Å²) in [6.45, 7) is 0. The van der Waals surface area contributed by atoms with E-state index in [1.165, 1.54) is 0 Å². The molecule has 4 nitrogen and oxygen atoms in total. The summed E-state index contributed by atoms with van der Waals surface area (Å²) in [5, 5.41) is 24.1. The van der Waals surface area contributed by atoms with Crippen LogP contribution in [0.2, 0.25) is 0 Å². The Kier molecular flexibility index (Phi) is 3.75. The third-order valence-electron chi connectivity index (χ3n) is 3.06. The standard InChI is InChI=1S/C13H16N2O2/c16-14-12-8-4-5-9-13(12)15(17)10-11-6-2-1-3-7-11/h1-3,6-7,10,13,16H,4-5,8-9H2/b14-12-,15-10-/t13-/m0/s1. The van der Waals surface area contributed by atoms with Crippen molar-refractivity contribution in [3.63, 3.8) is 0 Å². The quantitative estimate of drug-likeness (QED) is 0.280. The molecule has 4 heteroatoms. The monoisotopic (exact) mass is 232 g/mol. The van der Waals surface area contributed by atoms with Gasteiger partial charge in [-0.2, -0.15) is 0 Å². The molecule has 1 N–H and O–H groups in total. The van der Waals surface area contributed by atoms with E-state index in [9.17, 15) is 5.21 Å². The lowest BCUT2D eigenvalue weighted by Crippen LogP contribution is -2.34. The molecule has 1 aromatic rings. The van der Waals surface area contributed by atoms with Gasteiger partial charge in [0.05, 0.1) is 0 Å². The maximum atomic E-state index is 12.0. The van der Waals surface area contributed by atoms with Crippen molar-refractivity contribution in [1.82, 2.24) is 0 Å². The number of hydrogen-bond donors (Lipinski definition) is 1. The van der Waals surface area contributed by atoms with E-state index in [0.717, 1.165) is 29.6 Å². The van der Waals surface area contributed by atoms with Crippen LogP contribution in [0, 0.1) is 5.21 Å². The van der Waals surface area contributed by atoms with Gasteiger partial charge in [-0.1, -0.05) is 23.4 Å². The molecular formula is C13H16N2O2. The van der Waals surface area contributed by atoms with Gasteiger partial charge in [0, 0.05) is 12.0 Å². The summed E-state index contributed by atoms with van der Waals surface area (Å²) in [5.41, 5.74) is 1.46. The largest absolute Gasteiger partial charge is 0.623 e. The Morgan fingerprint density at radius 2 is 2.06 bits per heavy atom. The SMILES string of the molecule is [O-]/[N+](=C\c1ccccc1)[C@H]1CCCC/C1=N/O. The van der Waals surface area contributed by atoms with Crippen molar-refractivity contribution in [2.45, 2.75) is 31.7 Å². The smallest absolute Gasteiger partial charge is 0.204 e. The summed E-state index contributed by atoms with van der Waals surface area (Å²) in [6, 6.07) is 9.14. The van der Waals surface area contributed by atoms with Crippen LogP contribution in [-0.4, -0.2) is 27.9 Å². The van der Waals surface area contributed by atoms with Crippen molar-refractivity contribution < 1.29 is 9.95 Å². The first kappa shape index (κ1) is 11.6. The first-order valence-electron chi connectivity index (χ1n) is 5.87. The molecule has 0 aliphatic heterocycles. The molecule has 0 spiro atoms. The molecule has 1 aliphatic rings. The average Bonchev–Trinajstić information content (AvgIpc) is 2.40. The number of oxime groups is 1. The van der Waals surface area contributed by atoms with Crippen LogP contribution >= 0.6 is 0 Å². The predicted octanol–water partition coefficient (Wildman–Crippen LogP) is 2.39. The lowest BCUT2D eigenvalue weighted by atomic mass is 9.93. The summed E-state index contributed by atoms with van der Waals surface area (Å²) in [5.74, 6) is 0. The fourth-order valence-corrected chi connectivity index (χ4v) is 2.14. The van der Waals surface area contributed by atoms with Gasteiger partial charge in [-0.25, -0.2) is 4.74 Å². The maximum Gasteiger partial charge on any atom is 0.204 e. The number of benzene rings is 1. The molecule has 0 heterocycles. The van der Waals surface area contributed by atoms with Crippen LogP contribution in [0.1, 0.15) is 31.2 Å². The van der Waals surface area contributed by atoms with Gasteiger partial charge in [0.1, 0.15) is 5.71 Å². The topological polar surface area (TPSA) is 58.7 Å². The van der Waals surface area contributed by atoms with Gasteiger partial charge in [-0.15, -0.1) is 0 Å². The van der Waals surface area contributed by atoms with Crippen LogP contribution in [0.3, 0.4) is 0 Å². The summed E-state index contributed by atoms with van der Waals surface area (Å²) in [6.07, 6.45) is 5.02. The Bertz CT molecular complexity index is 426. The summed E-state index contributed by atoms with van der Waals surface area (Å²) >= 11 is 0. The molecule has 0 radical (unpaired) electrons. The zero-order valence-electron chi connectivity index (χ0n) is 9.62. The van der Waals surface area contributed by atoms with E-state index >= 15 is 0 Å². The first-order chi connectivity index (χ1) is 8.31. The minimum atomic E-state index is -0.311. The Hall–Kier alpha value is -1.84. The summed E-state index contributed by atoms with van der Waals surface area (Å²) < 4.78 is 0.906. The second-order valence-electron chi connectivity index (χ2n) is 4.25. The lowest BCUT2D eigenvalue weighted by molar-refractivity contribution is -0.478. The minimum Gasteiger partial charge on any atom is -0.623 e. The molecule has 1 atom stereocenters. The molecule has 0 unspecified atom stereocenters. The summed E-state index contributed by atoms with van der Waals surface area (Å²) in [4.78, 5) is 0. The van der Waals surface area contributed by atoms with Gasteiger partial charge in [0.15, 0.2) is 6.21 Å². The third kappa shape index (κ3) is 2.84. The van der Waals surface area contributed by atoms with Crippen molar-refractivity contribution in [3.8, 4) is 0 Å². The minimum absolute atomic E-state index is 0.311. The Morgan fingerprint density at radius 3 is 2.76 bits per heavy atom. The van der Waals surface area contributed by atoms with Crippen LogP contribution in [0.4, 0.5) is 0 Å². The van der Waals surface area contributed by atoms with Gasteiger partial charge >= 0.3 is 0 Å². The molecule has 0 amide bonds. The number of hydrogen-bond acceptors (Lipinski definition) is 3. The molecule has 90 valence electrons. The second kappa shape index (κ2) is 5.48. The zero-order chi connectivity index (χ0) is 12.1. The Labute approximate surface area is 100 Å². The van der Waals surface area contributed by atoms with Crippen LogP contribution in [0.25, 0.3) is 0 Å². The second-order valence-corrected chi connectivity index (χ2v) is 4.25. The first-order valence-corrected chi connectivity index (χ1v) is 5.87. The number of rotatable bonds is 2. The summed E-state index contributed by atoms with van der Waals surface area (Å²) in [7, 11) is 0. The van der Waals surface area contributed by atoms with Crippen molar-refractivity contribution in [2.75, 3.05) is 0 Å². The van der Waals surface area contributed by atoms with Crippen molar-refractivity contribution in [1.29, 1.82) is 0 Å². The highest BCUT2D eigenvalue weighted by Gasteiger charge is 2.27. The van der Waals surface area contributed by atoms with Gasteiger partial charge in [0.25, 0.3) is 0 Å². The van der Waals surface area contributed by atoms with E-state index in [2.05, 4.69) is 5.16 Å². The molecule has 0 saturated heterocycles. The fraction of sp³-hybridized carbons (Fsp3) is 0.385. The highest BCUT2D eigenvalue weighted by Crippen LogP contribution is 2.18.